The second-order valence-electron chi connectivity index (χ2n) is 10.2. The van der Waals surface area contributed by atoms with Crippen LogP contribution in [0.15, 0.2) is 68.6 Å². The van der Waals surface area contributed by atoms with Gasteiger partial charge in [0, 0.05) is 15.5 Å². The molecule has 1 N–H and O–H groups in total. The second-order valence-corrected chi connectivity index (χ2v) is 11.7. The van der Waals surface area contributed by atoms with E-state index in [0.29, 0.717) is 28.8 Å². The molecule has 7 heteroatoms. The van der Waals surface area contributed by atoms with Gasteiger partial charge < -0.3 is 14.2 Å². The number of furan rings is 2. The minimum Gasteiger partial charge on any atom is -0.467 e. The zero-order valence-corrected chi connectivity index (χ0v) is 22.2. The van der Waals surface area contributed by atoms with Crippen molar-refractivity contribution in [3.63, 3.8) is 0 Å². The van der Waals surface area contributed by atoms with Gasteiger partial charge in [0.05, 0.1) is 24.6 Å². The summed E-state index contributed by atoms with van der Waals surface area (Å²) in [4.78, 5) is 19.4. The van der Waals surface area contributed by atoms with Gasteiger partial charge in [-0.25, -0.2) is 4.99 Å². The SMILES string of the molecule is CC(C)(C)[C@H]1CCc2c(sc(N=Cc3ccc(-c4ccc(Cl)cc4)o3)c2C(=O)NCc2ccco2)C1. The molecule has 1 amide bonds. The molecule has 0 unspecified atom stereocenters. The lowest BCUT2D eigenvalue weighted by Crippen LogP contribution is -2.28. The Morgan fingerprint density at radius 1 is 1.19 bits per heavy atom. The fraction of sp³-hybridized carbons (Fsp3) is 0.310. The fourth-order valence-corrected chi connectivity index (χ4v) is 6.01. The van der Waals surface area contributed by atoms with Gasteiger partial charge in [-0.05, 0) is 84.7 Å². The molecule has 3 aromatic heterocycles. The molecule has 0 bridgehead atoms. The summed E-state index contributed by atoms with van der Waals surface area (Å²) < 4.78 is 11.4. The van der Waals surface area contributed by atoms with Crippen molar-refractivity contribution in [3.05, 3.63) is 87.3 Å². The van der Waals surface area contributed by atoms with Crippen LogP contribution >= 0.6 is 22.9 Å². The molecule has 0 saturated heterocycles. The van der Waals surface area contributed by atoms with Crippen molar-refractivity contribution in [1.29, 1.82) is 0 Å². The van der Waals surface area contributed by atoms with E-state index in [1.807, 2.05) is 48.5 Å². The molecule has 1 aromatic carbocycles. The molecule has 0 spiro atoms. The maximum atomic E-state index is 13.3. The number of benzene rings is 1. The molecule has 5 rings (SSSR count). The normalized spacial score (nSPS) is 15.8. The van der Waals surface area contributed by atoms with Crippen molar-refractivity contribution >= 4 is 40.1 Å². The van der Waals surface area contributed by atoms with Crippen molar-refractivity contribution in [2.24, 2.45) is 16.3 Å². The van der Waals surface area contributed by atoms with Crippen molar-refractivity contribution in [2.75, 3.05) is 0 Å². The number of fused-ring (bicyclic) bond motifs is 1. The third kappa shape index (κ3) is 5.35. The Morgan fingerprint density at radius 2 is 2.00 bits per heavy atom. The lowest BCUT2D eigenvalue weighted by Gasteiger charge is -2.33. The fourth-order valence-electron chi connectivity index (χ4n) is 4.62. The summed E-state index contributed by atoms with van der Waals surface area (Å²) in [5.74, 6) is 2.54. The van der Waals surface area contributed by atoms with Gasteiger partial charge in [0.2, 0.25) is 0 Å². The average molecular weight is 521 g/mol. The topological polar surface area (TPSA) is 67.7 Å². The highest BCUT2D eigenvalue weighted by Crippen LogP contribution is 2.45. The number of carbonyl (C=O) groups excluding carboxylic acids is 1. The van der Waals surface area contributed by atoms with E-state index in [4.69, 9.17) is 25.4 Å². The van der Waals surface area contributed by atoms with Gasteiger partial charge >= 0.3 is 0 Å². The van der Waals surface area contributed by atoms with Crippen LogP contribution in [0.25, 0.3) is 11.3 Å². The van der Waals surface area contributed by atoms with Crippen LogP contribution in [0.5, 0.6) is 0 Å². The van der Waals surface area contributed by atoms with E-state index in [1.54, 1.807) is 23.8 Å². The van der Waals surface area contributed by atoms with E-state index >= 15 is 0 Å². The summed E-state index contributed by atoms with van der Waals surface area (Å²) >= 11 is 7.62. The van der Waals surface area contributed by atoms with E-state index in [1.165, 1.54) is 4.88 Å². The maximum absolute atomic E-state index is 13.3. The Labute approximate surface area is 220 Å². The molecule has 0 fully saturated rings. The quantitative estimate of drug-likeness (QED) is 0.261. The molecule has 0 saturated carbocycles. The highest BCUT2D eigenvalue weighted by Gasteiger charge is 2.33. The molecule has 1 atom stereocenters. The molecule has 36 heavy (non-hydrogen) atoms. The number of aliphatic imine (C=N–C) groups is 1. The maximum Gasteiger partial charge on any atom is 0.255 e. The summed E-state index contributed by atoms with van der Waals surface area (Å²) in [6.45, 7) is 7.22. The lowest BCUT2D eigenvalue weighted by atomic mass is 9.72. The zero-order chi connectivity index (χ0) is 25.3. The number of thiophene rings is 1. The average Bonchev–Trinajstić information content (AvgIpc) is 3.60. The first-order valence-corrected chi connectivity index (χ1v) is 13.3. The molecular formula is C29H29ClN2O3S. The van der Waals surface area contributed by atoms with Gasteiger partial charge in [-0.3, -0.25) is 4.79 Å². The molecule has 186 valence electrons. The van der Waals surface area contributed by atoms with Gasteiger partial charge in [-0.1, -0.05) is 32.4 Å². The molecule has 0 aliphatic heterocycles. The number of amides is 1. The van der Waals surface area contributed by atoms with Crippen LogP contribution in [0.4, 0.5) is 5.00 Å². The monoisotopic (exact) mass is 520 g/mol. The van der Waals surface area contributed by atoms with Crippen molar-refractivity contribution in [1.82, 2.24) is 5.32 Å². The van der Waals surface area contributed by atoms with Crippen LogP contribution in [0.3, 0.4) is 0 Å². The minimum absolute atomic E-state index is 0.119. The summed E-state index contributed by atoms with van der Waals surface area (Å²) in [7, 11) is 0. The second kappa shape index (κ2) is 10.1. The van der Waals surface area contributed by atoms with Crippen LogP contribution in [-0.4, -0.2) is 12.1 Å². The van der Waals surface area contributed by atoms with E-state index in [2.05, 4.69) is 26.1 Å². The number of rotatable bonds is 6. The summed E-state index contributed by atoms with van der Waals surface area (Å²) in [5.41, 5.74) is 2.97. The Kier molecular flexibility index (Phi) is 6.91. The Balaban J connectivity index is 1.42. The summed E-state index contributed by atoms with van der Waals surface area (Å²) in [6.07, 6.45) is 6.23. The third-order valence-corrected chi connectivity index (χ3v) is 8.18. The number of nitrogens with zero attached hydrogens (tertiary/aromatic N) is 1. The third-order valence-electron chi connectivity index (χ3n) is 6.77. The first kappa shape index (κ1) is 24.6. The van der Waals surface area contributed by atoms with Crippen LogP contribution in [-0.2, 0) is 19.4 Å². The number of hydrogen-bond donors (Lipinski definition) is 1. The van der Waals surface area contributed by atoms with Gasteiger partial charge in [-0.15, -0.1) is 11.3 Å². The van der Waals surface area contributed by atoms with Gasteiger partial charge in [0.15, 0.2) is 0 Å². The zero-order valence-electron chi connectivity index (χ0n) is 20.6. The molecule has 4 aromatic rings. The largest absolute Gasteiger partial charge is 0.467 e. The Bertz CT molecular complexity index is 1380. The highest BCUT2D eigenvalue weighted by atomic mass is 35.5. The highest BCUT2D eigenvalue weighted by molar-refractivity contribution is 7.16. The van der Waals surface area contributed by atoms with Crippen molar-refractivity contribution in [3.8, 4) is 11.3 Å². The molecule has 1 aliphatic carbocycles. The number of carbonyl (C=O) groups is 1. The molecule has 5 nitrogen and oxygen atoms in total. The lowest BCUT2D eigenvalue weighted by molar-refractivity contribution is 0.0947. The smallest absolute Gasteiger partial charge is 0.255 e. The number of hydrogen-bond acceptors (Lipinski definition) is 5. The van der Waals surface area contributed by atoms with Gasteiger partial charge in [0.25, 0.3) is 5.91 Å². The van der Waals surface area contributed by atoms with Crippen LogP contribution in [0.1, 0.15) is 59.5 Å². The van der Waals surface area contributed by atoms with E-state index in [9.17, 15) is 4.79 Å². The number of halogens is 1. The van der Waals surface area contributed by atoms with Crippen LogP contribution in [0, 0.1) is 11.3 Å². The Hall–Kier alpha value is -3.09. The van der Waals surface area contributed by atoms with Gasteiger partial charge in [0.1, 0.15) is 22.3 Å². The molecule has 0 radical (unpaired) electrons. The van der Waals surface area contributed by atoms with Crippen LogP contribution < -0.4 is 5.32 Å². The van der Waals surface area contributed by atoms with E-state index in [0.717, 1.165) is 46.9 Å². The molecular weight excluding hydrogens is 492 g/mol. The first-order chi connectivity index (χ1) is 17.3. The summed E-state index contributed by atoms with van der Waals surface area (Å²) in [5, 5.41) is 4.41. The molecule has 3 heterocycles. The first-order valence-electron chi connectivity index (χ1n) is 12.1. The van der Waals surface area contributed by atoms with Crippen molar-refractivity contribution < 1.29 is 13.6 Å². The summed E-state index contributed by atoms with van der Waals surface area (Å²) in [6, 6.07) is 15.0. The van der Waals surface area contributed by atoms with Crippen molar-refractivity contribution in [2.45, 2.75) is 46.6 Å². The predicted octanol–water partition coefficient (Wildman–Crippen LogP) is 8.09. The molecule has 1 aliphatic rings. The minimum atomic E-state index is -0.119. The predicted molar refractivity (Wildman–Crippen MR) is 146 cm³/mol. The van der Waals surface area contributed by atoms with E-state index < -0.39 is 0 Å². The van der Waals surface area contributed by atoms with E-state index in [-0.39, 0.29) is 11.3 Å². The standard InChI is InChI=1S/C29H29ClN2O3S/c1-29(2,3)19-8-12-23-25(15-19)36-28(26(23)27(33)31-16-21-5-4-14-34-21)32-17-22-11-13-24(35-22)18-6-9-20(30)10-7-18/h4-7,9-11,13-14,17,19H,8,12,15-16H2,1-3H3,(H,31,33)/t19-/m0/s1. The van der Waals surface area contributed by atoms with Gasteiger partial charge in [-0.2, -0.15) is 0 Å². The Morgan fingerprint density at radius 3 is 2.72 bits per heavy atom. The number of nitrogens with one attached hydrogen (secondary N) is 1. The van der Waals surface area contributed by atoms with Crippen LogP contribution in [0.2, 0.25) is 5.02 Å².